The molecule has 0 radical (unpaired) electrons. The van der Waals surface area contributed by atoms with E-state index in [9.17, 15) is 9.59 Å². The molecule has 0 bridgehead atoms. The Balaban J connectivity index is 2.04. The number of carboxylic acids is 1. The Kier molecular flexibility index (Phi) is 4.37. The number of benzene rings is 1. The van der Waals surface area contributed by atoms with E-state index in [1.165, 1.54) is 0 Å². The highest BCUT2D eigenvalue weighted by Gasteiger charge is 2.14. The number of carboxylic acid groups (broad SMARTS) is 1. The number of thiophene rings is 1. The number of hydrogen-bond donors (Lipinski definition) is 3. The molecular weight excluding hydrogens is 276 g/mol. The normalized spacial score (nSPS) is 10.1. The highest BCUT2D eigenvalue weighted by Crippen LogP contribution is 2.19. The van der Waals surface area contributed by atoms with Gasteiger partial charge in [-0.2, -0.15) is 0 Å². The molecule has 0 unspecified atom stereocenters. The summed E-state index contributed by atoms with van der Waals surface area (Å²) >= 11 is 1.55. The number of carbonyl (C=O) groups excluding carboxylic acids is 1. The molecule has 0 saturated carbocycles. The van der Waals surface area contributed by atoms with Gasteiger partial charge in [0.05, 0.1) is 17.8 Å². The first kappa shape index (κ1) is 14.1. The predicted octanol–water partition coefficient (Wildman–Crippen LogP) is 3.08. The maximum Gasteiger partial charge on any atom is 0.338 e. The third-order valence-electron chi connectivity index (χ3n) is 2.74. The number of nitrogens with one attached hydrogen (secondary N) is 2. The van der Waals surface area contributed by atoms with Crippen molar-refractivity contribution in [2.45, 2.75) is 13.5 Å². The Morgan fingerprint density at radius 2 is 2.05 bits per heavy atom. The zero-order valence-electron chi connectivity index (χ0n) is 10.8. The molecule has 1 aromatic heterocycles. The molecule has 0 aliphatic carbocycles. The number of anilines is 1. The second-order valence-corrected chi connectivity index (χ2v) is 5.22. The molecule has 6 heteroatoms. The third-order valence-corrected chi connectivity index (χ3v) is 3.61. The first-order valence-corrected chi connectivity index (χ1v) is 6.86. The van der Waals surface area contributed by atoms with Crippen LogP contribution in [0.2, 0.25) is 0 Å². The topological polar surface area (TPSA) is 78.4 Å². The van der Waals surface area contributed by atoms with Gasteiger partial charge < -0.3 is 15.7 Å². The van der Waals surface area contributed by atoms with Crippen LogP contribution in [-0.4, -0.2) is 17.1 Å². The van der Waals surface area contributed by atoms with Crippen LogP contribution in [0.1, 0.15) is 20.8 Å². The highest BCUT2D eigenvalue weighted by atomic mass is 32.1. The molecule has 0 saturated heterocycles. The Hall–Kier alpha value is -2.34. The number of carbonyl (C=O) groups is 2. The third kappa shape index (κ3) is 3.36. The van der Waals surface area contributed by atoms with Crippen molar-refractivity contribution in [3.63, 3.8) is 0 Å². The summed E-state index contributed by atoms with van der Waals surface area (Å²) in [5, 5.41) is 16.4. The van der Waals surface area contributed by atoms with E-state index in [4.69, 9.17) is 5.11 Å². The average Bonchev–Trinajstić information content (AvgIpc) is 2.89. The summed E-state index contributed by atoms with van der Waals surface area (Å²) in [6, 6.07) is 8.37. The van der Waals surface area contributed by atoms with Gasteiger partial charge in [-0.05, 0) is 30.0 Å². The molecule has 2 amide bonds. The monoisotopic (exact) mass is 290 g/mol. The fraction of sp³-hybridized carbons (Fsp3) is 0.143. The second-order valence-electron chi connectivity index (χ2n) is 4.19. The van der Waals surface area contributed by atoms with Crippen molar-refractivity contribution >= 4 is 29.0 Å². The molecule has 1 aromatic carbocycles. The van der Waals surface area contributed by atoms with Crippen molar-refractivity contribution < 1.29 is 14.7 Å². The molecule has 2 rings (SSSR count). The van der Waals surface area contributed by atoms with E-state index in [0.29, 0.717) is 17.8 Å². The van der Waals surface area contributed by atoms with E-state index in [1.807, 2.05) is 17.5 Å². The van der Waals surface area contributed by atoms with E-state index in [-0.39, 0.29) is 5.56 Å². The number of urea groups is 1. The van der Waals surface area contributed by atoms with Crippen LogP contribution in [0.25, 0.3) is 0 Å². The van der Waals surface area contributed by atoms with Crippen LogP contribution in [-0.2, 0) is 6.54 Å². The maximum atomic E-state index is 11.8. The lowest BCUT2D eigenvalue weighted by atomic mass is 10.1. The van der Waals surface area contributed by atoms with Gasteiger partial charge in [0.25, 0.3) is 0 Å². The molecule has 0 aliphatic heterocycles. The van der Waals surface area contributed by atoms with Crippen molar-refractivity contribution in [3.8, 4) is 0 Å². The summed E-state index contributed by atoms with van der Waals surface area (Å²) < 4.78 is 0. The molecule has 0 atom stereocenters. The molecule has 0 spiro atoms. The van der Waals surface area contributed by atoms with Crippen molar-refractivity contribution in [1.82, 2.24) is 5.32 Å². The van der Waals surface area contributed by atoms with Gasteiger partial charge in [-0.25, -0.2) is 9.59 Å². The van der Waals surface area contributed by atoms with E-state index >= 15 is 0 Å². The van der Waals surface area contributed by atoms with E-state index in [1.54, 1.807) is 36.5 Å². The molecular formula is C14H14N2O3S. The van der Waals surface area contributed by atoms with E-state index in [0.717, 1.165) is 4.88 Å². The predicted molar refractivity (Wildman–Crippen MR) is 78.3 cm³/mol. The van der Waals surface area contributed by atoms with Crippen molar-refractivity contribution in [2.75, 3.05) is 5.32 Å². The minimum Gasteiger partial charge on any atom is -0.478 e. The van der Waals surface area contributed by atoms with Crippen molar-refractivity contribution in [1.29, 1.82) is 0 Å². The van der Waals surface area contributed by atoms with Crippen LogP contribution in [0.3, 0.4) is 0 Å². The van der Waals surface area contributed by atoms with E-state index in [2.05, 4.69) is 10.6 Å². The van der Waals surface area contributed by atoms with Crippen LogP contribution in [0.15, 0.2) is 35.7 Å². The largest absolute Gasteiger partial charge is 0.478 e. The smallest absolute Gasteiger partial charge is 0.338 e. The molecule has 2 aromatic rings. The molecule has 0 aliphatic rings. The van der Waals surface area contributed by atoms with Crippen LogP contribution in [0.4, 0.5) is 10.5 Å². The van der Waals surface area contributed by atoms with Gasteiger partial charge in [0.1, 0.15) is 0 Å². The van der Waals surface area contributed by atoms with Crippen LogP contribution >= 0.6 is 11.3 Å². The zero-order valence-corrected chi connectivity index (χ0v) is 11.7. The summed E-state index contributed by atoms with van der Waals surface area (Å²) in [5.41, 5.74) is 1.01. The Bertz CT molecular complexity index is 623. The number of aromatic carboxylic acids is 1. The maximum absolute atomic E-state index is 11.8. The van der Waals surface area contributed by atoms with Gasteiger partial charge in [-0.1, -0.05) is 18.2 Å². The summed E-state index contributed by atoms with van der Waals surface area (Å²) in [6.07, 6.45) is 0. The Morgan fingerprint density at radius 1 is 1.25 bits per heavy atom. The van der Waals surface area contributed by atoms with Crippen LogP contribution < -0.4 is 10.6 Å². The van der Waals surface area contributed by atoms with Gasteiger partial charge in [-0.3, -0.25) is 0 Å². The molecule has 3 N–H and O–H groups in total. The van der Waals surface area contributed by atoms with Crippen molar-refractivity contribution in [2.24, 2.45) is 0 Å². The first-order chi connectivity index (χ1) is 9.58. The van der Waals surface area contributed by atoms with Crippen molar-refractivity contribution in [3.05, 3.63) is 51.7 Å². The summed E-state index contributed by atoms with van der Waals surface area (Å²) in [7, 11) is 0. The number of hydrogen-bond acceptors (Lipinski definition) is 3. The fourth-order valence-electron chi connectivity index (χ4n) is 1.80. The lowest BCUT2D eigenvalue weighted by Crippen LogP contribution is -2.28. The molecule has 0 fully saturated rings. The summed E-state index contributed by atoms with van der Waals surface area (Å²) in [4.78, 5) is 24.0. The summed E-state index contributed by atoms with van der Waals surface area (Å²) in [5.74, 6) is -1.06. The number of amides is 2. The fourth-order valence-corrected chi connectivity index (χ4v) is 2.45. The average molecular weight is 290 g/mol. The van der Waals surface area contributed by atoms with Crippen LogP contribution in [0, 0.1) is 6.92 Å². The Morgan fingerprint density at radius 3 is 2.70 bits per heavy atom. The zero-order chi connectivity index (χ0) is 14.5. The quantitative estimate of drug-likeness (QED) is 0.809. The van der Waals surface area contributed by atoms with Gasteiger partial charge in [0, 0.05) is 4.88 Å². The lowest BCUT2D eigenvalue weighted by molar-refractivity contribution is 0.0697. The highest BCUT2D eigenvalue weighted by molar-refractivity contribution is 7.09. The number of rotatable bonds is 4. The standard InChI is InChI=1S/C14H14N2O3S/c1-9-4-2-6-11(12(9)13(17)18)16-14(19)15-8-10-5-3-7-20-10/h2-7H,8H2,1H3,(H,17,18)(H2,15,16,19). The van der Waals surface area contributed by atoms with Crippen LogP contribution in [0.5, 0.6) is 0 Å². The molecule has 104 valence electrons. The Labute approximate surface area is 120 Å². The lowest BCUT2D eigenvalue weighted by Gasteiger charge is -2.11. The second kappa shape index (κ2) is 6.21. The van der Waals surface area contributed by atoms with Gasteiger partial charge in [-0.15, -0.1) is 11.3 Å². The summed E-state index contributed by atoms with van der Waals surface area (Å²) in [6.45, 7) is 2.11. The number of aryl methyl sites for hydroxylation is 1. The minimum absolute atomic E-state index is 0.110. The SMILES string of the molecule is Cc1cccc(NC(=O)NCc2cccs2)c1C(=O)O. The van der Waals surface area contributed by atoms with Gasteiger partial charge in [0.2, 0.25) is 0 Å². The van der Waals surface area contributed by atoms with E-state index < -0.39 is 12.0 Å². The molecule has 5 nitrogen and oxygen atoms in total. The minimum atomic E-state index is -1.06. The molecule has 20 heavy (non-hydrogen) atoms. The van der Waals surface area contributed by atoms with Gasteiger partial charge >= 0.3 is 12.0 Å². The molecule has 1 heterocycles. The first-order valence-electron chi connectivity index (χ1n) is 5.98. The van der Waals surface area contributed by atoms with Gasteiger partial charge in [0.15, 0.2) is 0 Å².